The molecule has 1 unspecified atom stereocenters. The Bertz CT molecular complexity index is 414. The minimum Gasteiger partial charge on any atom is -0.496 e. The third-order valence-electron chi connectivity index (χ3n) is 2.24. The van der Waals surface area contributed by atoms with Gasteiger partial charge in [0.25, 0.3) is 5.91 Å². The van der Waals surface area contributed by atoms with Gasteiger partial charge in [0.15, 0.2) is 0 Å². The van der Waals surface area contributed by atoms with Gasteiger partial charge in [-0.25, -0.2) is 0 Å². The number of hydrogen-bond acceptors (Lipinski definition) is 3. The van der Waals surface area contributed by atoms with Gasteiger partial charge in [-0.15, -0.1) is 0 Å². The zero-order valence-corrected chi connectivity index (χ0v) is 12.5. The standard InChI is InChI=1S/C12H15BrClNO3/c1-17-7-8(13)6-15-12(16)10-4-3-9(14)5-11(10)18-2/h3-5,8H,6-7H2,1-2H3,(H,15,16). The summed E-state index contributed by atoms with van der Waals surface area (Å²) >= 11 is 9.23. The molecular formula is C12H15BrClNO3. The average molecular weight is 337 g/mol. The van der Waals surface area contributed by atoms with Crippen LogP contribution in [0.1, 0.15) is 10.4 Å². The molecule has 1 atom stereocenters. The lowest BCUT2D eigenvalue weighted by Gasteiger charge is -2.12. The minimum atomic E-state index is -0.205. The van der Waals surface area contributed by atoms with Crippen LogP contribution in [0.4, 0.5) is 0 Å². The molecule has 100 valence electrons. The second-order valence-electron chi connectivity index (χ2n) is 3.61. The number of amides is 1. The fourth-order valence-corrected chi connectivity index (χ4v) is 1.98. The summed E-state index contributed by atoms with van der Waals surface area (Å²) in [4.78, 5) is 12.0. The molecule has 0 aliphatic rings. The summed E-state index contributed by atoms with van der Waals surface area (Å²) in [5.41, 5.74) is 0.457. The summed E-state index contributed by atoms with van der Waals surface area (Å²) in [5, 5.41) is 3.32. The first-order chi connectivity index (χ1) is 8.58. The van der Waals surface area contributed by atoms with Gasteiger partial charge < -0.3 is 14.8 Å². The Balaban J connectivity index is 2.66. The molecule has 6 heteroatoms. The molecule has 0 saturated heterocycles. The van der Waals surface area contributed by atoms with E-state index in [4.69, 9.17) is 21.1 Å². The average Bonchev–Trinajstić information content (AvgIpc) is 2.36. The second kappa shape index (κ2) is 7.61. The molecule has 0 radical (unpaired) electrons. The summed E-state index contributed by atoms with van der Waals surface area (Å²) in [6, 6.07) is 4.90. The van der Waals surface area contributed by atoms with Gasteiger partial charge in [0, 0.05) is 18.7 Å². The van der Waals surface area contributed by atoms with Gasteiger partial charge in [-0.3, -0.25) is 4.79 Å². The maximum atomic E-state index is 11.9. The normalized spacial score (nSPS) is 12.0. The van der Waals surface area contributed by atoms with E-state index in [0.29, 0.717) is 29.5 Å². The van der Waals surface area contributed by atoms with Crippen molar-refractivity contribution < 1.29 is 14.3 Å². The summed E-state index contributed by atoms with van der Waals surface area (Å²) in [7, 11) is 3.11. The van der Waals surface area contributed by atoms with Crippen LogP contribution in [0.15, 0.2) is 18.2 Å². The van der Waals surface area contributed by atoms with E-state index in [1.165, 1.54) is 7.11 Å². The van der Waals surface area contributed by atoms with Crippen molar-refractivity contribution in [2.45, 2.75) is 4.83 Å². The van der Waals surface area contributed by atoms with Crippen molar-refractivity contribution in [2.75, 3.05) is 27.4 Å². The number of alkyl halides is 1. The Kier molecular flexibility index (Phi) is 6.46. The van der Waals surface area contributed by atoms with E-state index >= 15 is 0 Å². The van der Waals surface area contributed by atoms with Crippen LogP contribution in [0, 0.1) is 0 Å². The molecule has 1 amide bonds. The van der Waals surface area contributed by atoms with Crippen LogP contribution >= 0.6 is 27.5 Å². The molecule has 1 aromatic rings. The third-order valence-corrected chi connectivity index (χ3v) is 3.06. The molecule has 0 bridgehead atoms. The lowest BCUT2D eigenvalue weighted by molar-refractivity contribution is 0.0947. The first-order valence-corrected chi connectivity index (χ1v) is 6.62. The van der Waals surface area contributed by atoms with Gasteiger partial charge in [0.1, 0.15) is 5.75 Å². The lowest BCUT2D eigenvalue weighted by atomic mass is 10.2. The summed E-state index contributed by atoms with van der Waals surface area (Å²) < 4.78 is 10.1. The van der Waals surface area contributed by atoms with Crippen molar-refractivity contribution >= 4 is 33.4 Å². The summed E-state index contributed by atoms with van der Waals surface area (Å²) in [6.07, 6.45) is 0. The number of nitrogens with one attached hydrogen (secondary N) is 1. The molecule has 18 heavy (non-hydrogen) atoms. The van der Waals surface area contributed by atoms with Gasteiger partial charge in [-0.2, -0.15) is 0 Å². The Morgan fingerprint density at radius 3 is 2.83 bits per heavy atom. The fourth-order valence-electron chi connectivity index (χ4n) is 1.39. The van der Waals surface area contributed by atoms with Gasteiger partial charge >= 0.3 is 0 Å². The van der Waals surface area contributed by atoms with Crippen LogP contribution < -0.4 is 10.1 Å². The number of halogens is 2. The number of rotatable bonds is 6. The largest absolute Gasteiger partial charge is 0.496 e. The highest BCUT2D eigenvalue weighted by molar-refractivity contribution is 9.09. The molecule has 4 nitrogen and oxygen atoms in total. The van der Waals surface area contributed by atoms with E-state index < -0.39 is 0 Å². The van der Waals surface area contributed by atoms with Crippen molar-refractivity contribution in [3.05, 3.63) is 28.8 Å². The Morgan fingerprint density at radius 1 is 1.50 bits per heavy atom. The van der Waals surface area contributed by atoms with Crippen LogP contribution in [0.2, 0.25) is 5.02 Å². The number of hydrogen-bond donors (Lipinski definition) is 1. The van der Waals surface area contributed by atoms with Gasteiger partial charge in [0.2, 0.25) is 0 Å². The zero-order chi connectivity index (χ0) is 13.5. The van der Waals surface area contributed by atoms with E-state index in [2.05, 4.69) is 21.2 Å². The van der Waals surface area contributed by atoms with E-state index in [9.17, 15) is 4.79 Å². The molecule has 1 rings (SSSR count). The topological polar surface area (TPSA) is 47.6 Å². The van der Waals surface area contributed by atoms with Crippen molar-refractivity contribution in [2.24, 2.45) is 0 Å². The van der Waals surface area contributed by atoms with Crippen LogP contribution in [0.5, 0.6) is 5.75 Å². The van der Waals surface area contributed by atoms with Crippen LogP contribution in [-0.2, 0) is 4.74 Å². The highest BCUT2D eigenvalue weighted by Crippen LogP contribution is 2.22. The van der Waals surface area contributed by atoms with Crippen molar-refractivity contribution in [3.8, 4) is 5.75 Å². The summed E-state index contributed by atoms with van der Waals surface area (Å²) in [5.74, 6) is 0.252. The molecule has 0 fully saturated rings. The quantitative estimate of drug-likeness (QED) is 0.812. The first-order valence-electron chi connectivity index (χ1n) is 5.33. The SMILES string of the molecule is COCC(Br)CNC(=O)c1ccc(Cl)cc1OC. The van der Waals surface area contributed by atoms with Crippen molar-refractivity contribution in [1.29, 1.82) is 0 Å². The van der Waals surface area contributed by atoms with Crippen molar-refractivity contribution in [1.82, 2.24) is 5.32 Å². The maximum absolute atomic E-state index is 11.9. The number of carbonyl (C=O) groups excluding carboxylic acids is 1. The smallest absolute Gasteiger partial charge is 0.255 e. The predicted molar refractivity (Wildman–Crippen MR) is 74.9 cm³/mol. The molecule has 0 heterocycles. The first kappa shape index (κ1) is 15.3. The number of carbonyl (C=O) groups is 1. The Hall–Kier alpha value is -0.780. The number of methoxy groups -OCH3 is 2. The maximum Gasteiger partial charge on any atom is 0.255 e. The second-order valence-corrected chi connectivity index (χ2v) is 5.34. The highest BCUT2D eigenvalue weighted by Gasteiger charge is 2.13. The van der Waals surface area contributed by atoms with Crippen LogP contribution in [0.3, 0.4) is 0 Å². The Morgan fingerprint density at radius 2 is 2.22 bits per heavy atom. The van der Waals surface area contributed by atoms with Gasteiger partial charge in [-0.05, 0) is 18.2 Å². The zero-order valence-electron chi connectivity index (χ0n) is 10.2. The number of benzene rings is 1. The van der Waals surface area contributed by atoms with E-state index in [0.717, 1.165) is 0 Å². The van der Waals surface area contributed by atoms with E-state index in [-0.39, 0.29) is 10.7 Å². The van der Waals surface area contributed by atoms with Gasteiger partial charge in [0.05, 0.1) is 24.1 Å². The predicted octanol–water partition coefficient (Wildman–Crippen LogP) is 2.49. The Labute approximate surface area is 120 Å². The van der Waals surface area contributed by atoms with Gasteiger partial charge in [-0.1, -0.05) is 27.5 Å². The highest BCUT2D eigenvalue weighted by atomic mass is 79.9. The monoisotopic (exact) mass is 335 g/mol. The lowest BCUT2D eigenvalue weighted by Crippen LogP contribution is -2.31. The molecule has 0 aliphatic carbocycles. The molecule has 1 N–H and O–H groups in total. The molecule has 1 aromatic carbocycles. The van der Waals surface area contributed by atoms with E-state index in [1.807, 2.05) is 0 Å². The summed E-state index contributed by atoms with van der Waals surface area (Å²) in [6.45, 7) is 0.997. The molecule has 0 saturated carbocycles. The molecular weight excluding hydrogens is 321 g/mol. The van der Waals surface area contributed by atoms with Crippen LogP contribution in [0.25, 0.3) is 0 Å². The minimum absolute atomic E-state index is 0.0738. The van der Waals surface area contributed by atoms with Crippen LogP contribution in [-0.4, -0.2) is 38.1 Å². The molecule has 0 aliphatic heterocycles. The fraction of sp³-hybridized carbons (Fsp3) is 0.417. The molecule has 0 spiro atoms. The number of ether oxygens (including phenoxy) is 2. The van der Waals surface area contributed by atoms with Crippen molar-refractivity contribution in [3.63, 3.8) is 0 Å². The third kappa shape index (κ3) is 4.48. The molecule has 0 aromatic heterocycles. The van der Waals surface area contributed by atoms with E-state index in [1.54, 1.807) is 25.3 Å².